The van der Waals surface area contributed by atoms with Crippen LogP contribution >= 0.6 is 0 Å². The van der Waals surface area contributed by atoms with Crippen LogP contribution < -0.4 is 20.7 Å². The van der Waals surface area contributed by atoms with Crippen molar-refractivity contribution in [2.45, 2.75) is 64.5 Å². The lowest BCUT2D eigenvalue weighted by molar-refractivity contribution is 1.28. The van der Waals surface area contributed by atoms with Crippen molar-refractivity contribution in [1.82, 2.24) is 0 Å². The SMILES string of the molecule is C[Si](C)c1c2c(c([Si](C)C)c3ccccc13)[Si](C)(C)CC[Si]2(C)C. The van der Waals surface area contributed by atoms with Gasteiger partial charge in [-0.3, -0.25) is 0 Å². The maximum absolute atomic E-state index is 2.65. The summed E-state index contributed by atoms with van der Waals surface area (Å²) < 4.78 is 0. The minimum atomic E-state index is -1.33. The summed E-state index contributed by atoms with van der Waals surface area (Å²) in [6.07, 6.45) is 0. The molecule has 0 unspecified atom stereocenters. The standard InChI is InChI=1S/C20H32Si4/c1-21(2)17-15-11-9-10-12-16(15)18(22(3)4)20-19(17)23(5,6)13-14-24(20,7)8/h9-12H,13-14H2,1-8H3. The van der Waals surface area contributed by atoms with Crippen molar-refractivity contribution >= 4 is 65.3 Å². The Hall–Kier alpha value is -0.432. The Labute approximate surface area is 153 Å². The average molecular weight is 385 g/mol. The quantitative estimate of drug-likeness (QED) is 0.694. The molecule has 4 heteroatoms. The highest BCUT2D eigenvalue weighted by Gasteiger charge is 2.44. The van der Waals surface area contributed by atoms with E-state index in [0.717, 1.165) is 0 Å². The lowest BCUT2D eigenvalue weighted by Crippen LogP contribution is -2.74. The van der Waals surface area contributed by atoms with Gasteiger partial charge in [0.15, 0.2) is 0 Å². The third-order valence-electron chi connectivity index (χ3n) is 5.94. The maximum Gasteiger partial charge on any atom is 0.0800 e. The minimum Gasteiger partial charge on any atom is -0.0671 e. The number of hydrogen-bond donors (Lipinski definition) is 0. The molecule has 3 rings (SSSR count). The zero-order valence-corrected chi connectivity index (χ0v) is 20.7. The summed E-state index contributed by atoms with van der Waals surface area (Å²) in [5.41, 5.74) is 0. The van der Waals surface area contributed by atoms with Crippen molar-refractivity contribution in [2.75, 3.05) is 0 Å². The Balaban J connectivity index is 2.62. The van der Waals surface area contributed by atoms with E-state index in [1.54, 1.807) is 10.8 Å². The van der Waals surface area contributed by atoms with E-state index in [9.17, 15) is 0 Å². The van der Waals surface area contributed by atoms with E-state index >= 15 is 0 Å². The first-order chi connectivity index (χ1) is 11.1. The molecule has 0 saturated heterocycles. The van der Waals surface area contributed by atoms with Crippen molar-refractivity contribution in [3.05, 3.63) is 24.3 Å². The maximum atomic E-state index is 2.65. The van der Waals surface area contributed by atoms with Crippen LogP contribution in [-0.2, 0) is 0 Å². The normalized spacial score (nSPS) is 19.1. The van der Waals surface area contributed by atoms with E-state index in [-0.39, 0.29) is 0 Å². The van der Waals surface area contributed by atoms with E-state index in [1.807, 2.05) is 20.7 Å². The van der Waals surface area contributed by atoms with Gasteiger partial charge >= 0.3 is 0 Å². The Morgan fingerprint density at radius 1 is 0.667 bits per heavy atom. The fourth-order valence-electron chi connectivity index (χ4n) is 4.71. The summed E-state index contributed by atoms with van der Waals surface area (Å²) >= 11 is 0. The Kier molecular flexibility index (Phi) is 4.65. The second kappa shape index (κ2) is 6.08. The largest absolute Gasteiger partial charge is 0.0800 e. The van der Waals surface area contributed by atoms with Gasteiger partial charge in [-0.2, -0.15) is 0 Å². The van der Waals surface area contributed by atoms with Gasteiger partial charge < -0.3 is 0 Å². The molecule has 2 radical (unpaired) electrons. The molecule has 1 aliphatic rings. The lowest BCUT2D eigenvalue weighted by Gasteiger charge is -2.44. The van der Waals surface area contributed by atoms with Gasteiger partial charge in [-0.05, 0) is 10.8 Å². The molecule has 128 valence electrons. The molecule has 1 aliphatic heterocycles. The van der Waals surface area contributed by atoms with Gasteiger partial charge in [0.05, 0.1) is 33.7 Å². The number of hydrogen-bond acceptors (Lipinski definition) is 0. The Morgan fingerprint density at radius 3 is 1.29 bits per heavy atom. The molecule has 0 nitrogen and oxygen atoms in total. The van der Waals surface area contributed by atoms with Crippen LogP contribution in [0.3, 0.4) is 0 Å². The summed E-state index contributed by atoms with van der Waals surface area (Å²) in [5, 5.41) is 10.7. The molecule has 24 heavy (non-hydrogen) atoms. The molecule has 0 bridgehead atoms. The Morgan fingerprint density at radius 2 is 1.00 bits per heavy atom. The predicted molar refractivity (Wildman–Crippen MR) is 122 cm³/mol. The van der Waals surface area contributed by atoms with E-state index in [4.69, 9.17) is 0 Å². The molecule has 0 aromatic heterocycles. The second-order valence-corrected chi connectivity index (χ2v) is 23.8. The molecule has 0 atom stereocenters. The van der Waals surface area contributed by atoms with Crippen LogP contribution in [0.2, 0.25) is 64.5 Å². The van der Waals surface area contributed by atoms with E-state index in [2.05, 4.69) is 76.6 Å². The molecule has 0 spiro atoms. The molecular formula is C20H32Si4. The summed E-state index contributed by atoms with van der Waals surface area (Å²) in [5.74, 6) is 0. The second-order valence-electron chi connectivity index (χ2n) is 9.31. The predicted octanol–water partition coefficient (Wildman–Crippen LogP) is 3.61. The molecular weight excluding hydrogens is 353 g/mol. The minimum absolute atomic E-state index is 0.471. The highest BCUT2D eigenvalue weighted by atomic mass is 28.3. The van der Waals surface area contributed by atoms with Crippen LogP contribution in [0.1, 0.15) is 0 Å². The first kappa shape index (κ1) is 18.4. The zero-order valence-electron chi connectivity index (χ0n) is 16.7. The van der Waals surface area contributed by atoms with Gasteiger partial charge in [0.1, 0.15) is 0 Å². The third kappa shape index (κ3) is 2.75. The van der Waals surface area contributed by atoms with Crippen LogP contribution in [0.15, 0.2) is 24.3 Å². The van der Waals surface area contributed by atoms with Crippen molar-refractivity contribution in [2.24, 2.45) is 0 Å². The monoisotopic (exact) mass is 384 g/mol. The molecule has 0 saturated carbocycles. The number of fused-ring (bicyclic) bond motifs is 2. The van der Waals surface area contributed by atoms with Crippen molar-refractivity contribution < 1.29 is 0 Å². The molecule has 2 aromatic rings. The van der Waals surface area contributed by atoms with Gasteiger partial charge in [-0.25, -0.2) is 0 Å². The van der Waals surface area contributed by atoms with Crippen LogP contribution in [0.4, 0.5) is 0 Å². The average Bonchev–Trinajstić information content (AvgIpc) is 2.49. The van der Waals surface area contributed by atoms with Gasteiger partial charge in [0.25, 0.3) is 0 Å². The first-order valence-corrected chi connectivity index (χ1v) is 20.7. The molecule has 0 aliphatic carbocycles. The fraction of sp³-hybridized carbons (Fsp3) is 0.500. The molecule has 2 aromatic carbocycles. The number of benzene rings is 2. The van der Waals surface area contributed by atoms with Gasteiger partial charge in [-0.15, -0.1) is 0 Å². The van der Waals surface area contributed by atoms with E-state index < -0.39 is 33.7 Å². The van der Waals surface area contributed by atoms with Crippen LogP contribution in [-0.4, -0.2) is 33.7 Å². The first-order valence-electron chi connectivity index (χ1n) is 9.28. The van der Waals surface area contributed by atoms with Crippen molar-refractivity contribution in [3.8, 4) is 0 Å². The summed E-state index contributed by atoms with van der Waals surface area (Å²) in [6.45, 7) is 20.7. The van der Waals surface area contributed by atoms with Crippen molar-refractivity contribution in [3.63, 3.8) is 0 Å². The van der Waals surface area contributed by atoms with Gasteiger partial charge in [-0.1, -0.05) is 109 Å². The molecule has 0 amide bonds. The van der Waals surface area contributed by atoms with Gasteiger partial charge in [0, 0.05) is 0 Å². The summed E-state index contributed by atoms with van der Waals surface area (Å²) in [4.78, 5) is 0. The number of rotatable bonds is 2. The fourth-order valence-corrected chi connectivity index (χ4v) is 22.0. The van der Waals surface area contributed by atoms with Crippen LogP contribution in [0, 0.1) is 0 Å². The van der Waals surface area contributed by atoms with Gasteiger partial charge in [0.2, 0.25) is 0 Å². The van der Waals surface area contributed by atoms with E-state index in [0.29, 0.717) is 0 Å². The third-order valence-corrected chi connectivity index (χ3v) is 16.9. The highest BCUT2D eigenvalue weighted by Crippen LogP contribution is 2.27. The molecule has 0 fully saturated rings. The highest BCUT2D eigenvalue weighted by molar-refractivity contribution is 7.08. The lowest BCUT2D eigenvalue weighted by atomic mass is 10.1. The van der Waals surface area contributed by atoms with Crippen LogP contribution in [0.5, 0.6) is 0 Å². The Bertz CT molecular complexity index is 721. The molecule has 0 N–H and O–H groups in total. The van der Waals surface area contributed by atoms with Crippen molar-refractivity contribution in [1.29, 1.82) is 0 Å². The topological polar surface area (TPSA) is 0 Å². The van der Waals surface area contributed by atoms with E-state index in [1.165, 1.54) is 12.1 Å². The summed E-state index contributed by atoms with van der Waals surface area (Å²) in [7, 11) is -3.59. The molecule has 1 heterocycles. The summed E-state index contributed by atoms with van der Waals surface area (Å²) in [6, 6.07) is 12.4. The van der Waals surface area contributed by atoms with Crippen LogP contribution in [0.25, 0.3) is 10.8 Å². The zero-order chi connectivity index (χ0) is 17.9. The smallest absolute Gasteiger partial charge is 0.0671 e.